The molecule has 1 heterocycles. The maximum Gasteiger partial charge on any atom is 0.243 e. The van der Waals surface area contributed by atoms with Crippen molar-refractivity contribution in [1.29, 1.82) is 0 Å². The summed E-state index contributed by atoms with van der Waals surface area (Å²) in [5.41, 5.74) is 0.495. The van der Waals surface area contributed by atoms with Crippen molar-refractivity contribution >= 4 is 21.6 Å². The third-order valence-corrected chi connectivity index (χ3v) is 6.50. The van der Waals surface area contributed by atoms with E-state index in [4.69, 9.17) is 0 Å². The number of hydrogen-bond acceptors (Lipinski definition) is 4. The quantitative estimate of drug-likeness (QED) is 0.822. The monoisotopic (exact) mass is 409 g/mol. The number of halogens is 2. The van der Waals surface area contributed by atoms with E-state index in [1.165, 1.54) is 10.4 Å². The molecule has 1 saturated heterocycles. The first-order valence-electron chi connectivity index (χ1n) is 8.80. The van der Waals surface area contributed by atoms with Gasteiger partial charge in [0.15, 0.2) is 0 Å². The Morgan fingerprint density at radius 2 is 1.57 bits per heavy atom. The molecule has 9 heteroatoms. The molecular formula is C19H21F2N3O3S. The van der Waals surface area contributed by atoms with Crippen LogP contribution in [0, 0.1) is 18.6 Å². The molecule has 28 heavy (non-hydrogen) atoms. The number of amides is 1. The van der Waals surface area contributed by atoms with Gasteiger partial charge in [0, 0.05) is 26.2 Å². The van der Waals surface area contributed by atoms with E-state index in [9.17, 15) is 22.0 Å². The van der Waals surface area contributed by atoms with Crippen LogP contribution in [0.3, 0.4) is 0 Å². The third kappa shape index (κ3) is 4.54. The standard InChI is InChI=1S/C19H21F2N3O3S/c1-14-5-7-15(8-6-14)28(26,27)24-11-9-23(10-12-24)13-18(25)22-19-16(20)3-2-4-17(19)21/h2-8H,9-13H2,1H3,(H,22,25). The normalized spacial score (nSPS) is 16.1. The minimum atomic E-state index is -3.58. The average molecular weight is 409 g/mol. The Bertz CT molecular complexity index is 937. The first-order valence-corrected chi connectivity index (χ1v) is 10.2. The van der Waals surface area contributed by atoms with Crippen LogP contribution in [0.1, 0.15) is 5.56 Å². The number of piperazine rings is 1. The molecule has 0 atom stereocenters. The summed E-state index contributed by atoms with van der Waals surface area (Å²) in [4.78, 5) is 14.1. The Kier molecular flexibility index (Phi) is 6.07. The molecule has 1 fully saturated rings. The fourth-order valence-electron chi connectivity index (χ4n) is 2.99. The molecule has 150 valence electrons. The first kappa shape index (κ1) is 20.4. The first-order chi connectivity index (χ1) is 13.3. The number of carbonyl (C=O) groups is 1. The SMILES string of the molecule is Cc1ccc(S(=O)(=O)N2CCN(CC(=O)Nc3c(F)cccc3F)CC2)cc1. The van der Waals surface area contributed by atoms with Gasteiger partial charge in [0.2, 0.25) is 15.9 Å². The topological polar surface area (TPSA) is 69.7 Å². The molecule has 1 N–H and O–H groups in total. The number of aryl methyl sites for hydroxylation is 1. The number of hydrogen-bond donors (Lipinski definition) is 1. The molecule has 0 bridgehead atoms. The van der Waals surface area contributed by atoms with Crippen molar-refractivity contribution in [2.75, 3.05) is 38.0 Å². The van der Waals surface area contributed by atoms with Crippen LogP contribution in [0.15, 0.2) is 47.4 Å². The average Bonchev–Trinajstić information content (AvgIpc) is 2.66. The summed E-state index contributed by atoms with van der Waals surface area (Å²) in [7, 11) is -3.58. The fourth-order valence-corrected chi connectivity index (χ4v) is 4.41. The van der Waals surface area contributed by atoms with Crippen LogP contribution in [-0.4, -0.2) is 56.3 Å². The molecule has 6 nitrogen and oxygen atoms in total. The van der Waals surface area contributed by atoms with E-state index in [1.807, 2.05) is 6.92 Å². The van der Waals surface area contributed by atoms with Crippen molar-refractivity contribution in [1.82, 2.24) is 9.21 Å². The number of sulfonamides is 1. The van der Waals surface area contributed by atoms with Crippen molar-refractivity contribution < 1.29 is 22.0 Å². The number of carbonyl (C=O) groups excluding carboxylic acids is 1. The summed E-state index contributed by atoms with van der Waals surface area (Å²) < 4.78 is 54.0. The van der Waals surface area contributed by atoms with Gasteiger partial charge in [0.25, 0.3) is 0 Å². The highest BCUT2D eigenvalue weighted by Crippen LogP contribution is 2.19. The van der Waals surface area contributed by atoms with Gasteiger partial charge in [-0.05, 0) is 31.2 Å². The Labute approximate surface area is 162 Å². The van der Waals surface area contributed by atoms with E-state index < -0.39 is 33.3 Å². The van der Waals surface area contributed by atoms with Crippen molar-refractivity contribution in [3.05, 3.63) is 59.7 Å². The maximum absolute atomic E-state index is 13.6. The van der Waals surface area contributed by atoms with E-state index in [1.54, 1.807) is 29.2 Å². The highest BCUT2D eigenvalue weighted by molar-refractivity contribution is 7.89. The van der Waals surface area contributed by atoms with Gasteiger partial charge in [-0.2, -0.15) is 4.31 Å². The number of benzene rings is 2. The Morgan fingerprint density at radius 3 is 2.14 bits per heavy atom. The summed E-state index contributed by atoms with van der Waals surface area (Å²) in [5, 5.41) is 2.24. The zero-order valence-corrected chi connectivity index (χ0v) is 16.2. The zero-order valence-electron chi connectivity index (χ0n) is 15.4. The van der Waals surface area contributed by atoms with Gasteiger partial charge in [0.1, 0.15) is 17.3 Å². The lowest BCUT2D eigenvalue weighted by atomic mass is 10.2. The van der Waals surface area contributed by atoms with E-state index in [0.717, 1.165) is 17.7 Å². The summed E-state index contributed by atoms with van der Waals surface area (Å²) in [6.45, 7) is 2.96. The third-order valence-electron chi connectivity index (χ3n) is 4.58. The molecular weight excluding hydrogens is 388 g/mol. The van der Waals surface area contributed by atoms with Gasteiger partial charge < -0.3 is 5.32 Å². The molecule has 0 spiro atoms. The van der Waals surface area contributed by atoms with E-state index in [0.29, 0.717) is 13.1 Å². The van der Waals surface area contributed by atoms with E-state index >= 15 is 0 Å². The van der Waals surface area contributed by atoms with Crippen molar-refractivity contribution in [3.8, 4) is 0 Å². The second-order valence-corrected chi connectivity index (χ2v) is 8.58. The molecule has 3 rings (SSSR count). The van der Waals surface area contributed by atoms with Gasteiger partial charge in [-0.25, -0.2) is 17.2 Å². The summed E-state index contributed by atoms with van der Waals surface area (Å²) >= 11 is 0. The number of rotatable bonds is 5. The second kappa shape index (κ2) is 8.34. The van der Waals surface area contributed by atoms with Gasteiger partial charge in [0.05, 0.1) is 11.4 Å². The number of anilines is 1. The number of nitrogens with one attached hydrogen (secondary N) is 1. The Balaban J connectivity index is 1.56. The van der Waals surface area contributed by atoms with Crippen LogP contribution in [0.4, 0.5) is 14.5 Å². The summed E-state index contributed by atoms with van der Waals surface area (Å²) in [5.74, 6) is -2.25. The lowest BCUT2D eigenvalue weighted by Crippen LogP contribution is -2.50. The van der Waals surface area contributed by atoms with Crippen LogP contribution in [0.25, 0.3) is 0 Å². The molecule has 0 aliphatic carbocycles. The second-order valence-electron chi connectivity index (χ2n) is 6.64. The predicted octanol–water partition coefficient (Wildman–Crippen LogP) is 2.22. The van der Waals surface area contributed by atoms with E-state index in [2.05, 4.69) is 5.32 Å². The lowest BCUT2D eigenvalue weighted by molar-refractivity contribution is -0.117. The Morgan fingerprint density at radius 1 is 1.00 bits per heavy atom. The highest BCUT2D eigenvalue weighted by Gasteiger charge is 2.29. The molecule has 0 aromatic heterocycles. The smallest absolute Gasteiger partial charge is 0.243 e. The van der Waals surface area contributed by atoms with Crippen LogP contribution < -0.4 is 5.32 Å². The largest absolute Gasteiger partial charge is 0.320 e. The van der Waals surface area contributed by atoms with Crippen molar-refractivity contribution in [2.45, 2.75) is 11.8 Å². The lowest BCUT2D eigenvalue weighted by Gasteiger charge is -2.33. The number of para-hydroxylation sites is 1. The van der Waals surface area contributed by atoms with Gasteiger partial charge >= 0.3 is 0 Å². The van der Waals surface area contributed by atoms with Gasteiger partial charge in [-0.1, -0.05) is 23.8 Å². The van der Waals surface area contributed by atoms with Gasteiger partial charge in [-0.15, -0.1) is 0 Å². The van der Waals surface area contributed by atoms with Crippen LogP contribution in [-0.2, 0) is 14.8 Å². The molecule has 0 saturated carbocycles. The minimum Gasteiger partial charge on any atom is -0.320 e. The molecule has 2 aromatic carbocycles. The van der Waals surface area contributed by atoms with E-state index in [-0.39, 0.29) is 24.5 Å². The predicted molar refractivity (Wildman–Crippen MR) is 101 cm³/mol. The zero-order chi connectivity index (χ0) is 20.3. The van der Waals surface area contributed by atoms with Crippen molar-refractivity contribution in [2.24, 2.45) is 0 Å². The summed E-state index contributed by atoms with van der Waals surface area (Å²) in [6.07, 6.45) is 0. The van der Waals surface area contributed by atoms with Crippen LogP contribution >= 0.6 is 0 Å². The molecule has 1 aliphatic heterocycles. The highest BCUT2D eigenvalue weighted by atomic mass is 32.2. The van der Waals surface area contributed by atoms with Crippen LogP contribution in [0.2, 0.25) is 0 Å². The number of nitrogens with zero attached hydrogens (tertiary/aromatic N) is 2. The van der Waals surface area contributed by atoms with Crippen LogP contribution in [0.5, 0.6) is 0 Å². The van der Waals surface area contributed by atoms with Crippen molar-refractivity contribution in [3.63, 3.8) is 0 Å². The maximum atomic E-state index is 13.6. The molecule has 0 unspecified atom stereocenters. The summed E-state index contributed by atoms with van der Waals surface area (Å²) in [6, 6.07) is 9.99. The fraction of sp³-hybridized carbons (Fsp3) is 0.316. The minimum absolute atomic E-state index is 0.0772. The molecule has 1 aliphatic rings. The molecule has 2 aromatic rings. The molecule has 0 radical (unpaired) electrons. The molecule has 1 amide bonds. The Hall–Kier alpha value is -2.36. The van der Waals surface area contributed by atoms with Gasteiger partial charge in [-0.3, -0.25) is 9.69 Å².